The molecule has 3 heterocycles. The molecule has 212 valence electrons. The van der Waals surface area contributed by atoms with E-state index in [4.69, 9.17) is 4.74 Å². The minimum absolute atomic E-state index is 0.0346. The summed E-state index contributed by atoms with van der Waals surface area (Å²) in [6.45, 7) is 3.19. The van der Waals surface area contributed by atoms with Crippen molar-refractivity contribution in [3.63, 3.8) is 0 Å². The number of nitrogens with zero attached hydrogens (tertiary/aromatic N) is 2. The molecule has 1 atom stereocenters. The first kappa shape index (κ1) is 26.3. The summed E-state index contributed by atoms with van der Waals surface area (Å²) in [5, 5.41) is 12.1. The molecular weight excluding hydrogens is 510 g/mol. The molecule has 1 amide bonds. The van der Waals surface area contributed by atoms with E-state index < -0.39 is 0 Å². The van der Waals surface area contributed by atoms with Gasteiger partial charge in [-0.2, -0.15) is 0 Å². The minimum Gasteiger partial charge on any atom is -0.497 e. The molecule has 6 heteroatoms. The van der Waals surface area contributed by atoms with Gasteiger partial charge in [0.05, 0.1) is 19.8 Å². The van der Waals surface area contributed by atoms with E-state index in [9.17, 15) is 9.90 Å². The Morgan fingerprint density at radius 2 is 1.78 bits per heavy atom. The van der Waals surface area contributed by atoms with Crippen LogP contribution in [0.25, 0.3) is 22.0 Å². The van der Waals surface area contributed by atoms with Crippen LogP contribution >= 0.6 is 0 Å². The SMILES string of the molecule is COc1ccc2c3c([nH]c2c1)C(CO)N(Cc1ccccc1-c1ccccc1)CC31CCN(C(=O)C2CCC2)CC1. The number of carbonyl (C=O) groups is 1. The number of aliphatic hydroxyl groups excluding tert-OH is 1. The molecule has 6 nitrogen and oxygen atoms in total. The van der Waals surface area contributed by atoms with Gasteiger partial charge in [-0.15, -0.1) is 0 Å². The highest BCUT2D eigenvalue weighted by atomic mass is 16.5. The second kappa shape index (κ2) is 10.7. The number of carbonyl (C=O) groups excluding carboxylic acids is 1. The minimum atomic E-state index is -0.146. The van der Waals surface area contributed by atoms with E-state index in [-0.39, 0.29) is 24.0 Å². The number of fused-ring (bicyclic) bond motifs is 4. The Labute approximate surface area is 241 Å². The first-order chi connectivity index (χ1) is 20.1. The van der Waals surface area contributed by atoms with Crippen molar-refractivity contribution in [1.82, 2.24) is 14.8 Å². The number of methoxy groups -OCH3 is 1. The molecular formula is C35H39N3O3. The summed E-state index contributed by atoms with van der Waals surface area (Å²) in [5.41, 5.74) is 7.07. The third-order valence-corrected chi connectivity index (χ3v) is 9.98. The Morgan fingerprint density at radius 1 is 1.02 bits per heavy atom. The molecule has 41 heavy (non-hydrogen) atoms. The van der Waals surface area contributed by atoms with Crippen LogP contribution < -0.4 is 4.74 Å². The van der Waals surface area contributed by atoms with Crippen LogP contribution in [-0.4, -0.2) is 59.1 Å². The molecule has 1 saturated carbocycles. The van der Waals surface area contributed by atoms with Crippen molar-refractivity contribution in [3.8, 4) is 16.9 Å². The summed E-state index contributed by atoms with van der Waals surface area (Å²) in [4.78, 5) is 21.5. The molecule has 4 aromatic rings. The molecule has 2 aliphatic heterocycles. The lowest BCUT2D eigenvalue weighted by atomic mass is 9.68. The van der Waals surface area contributed by atoms with E-state index >= 15 is 0 Å². The zero-order valence-corrected chi connectivity index (χ0v) is 23.8. The molecule has 2 N–H and O–H groups in total. The van der Waals surface area contributed by atoms with Crippen molar-refractivity contribution in [1.29, 1.82) is 0 Å². The molecule has 2 fully saturated rings. The van der Waals surface area contributed by atoms with Crippen LogP contribution in [0.5, 0.6) is 5.75 Å². The number of H-pyrrole nitrogens is 1. The number of rotatable bonds is 6. The van der Waals surface area contributed by atoms with Gasteiger partial charge in [-0.25, -0.2) is 0 Å². The predicted octanol–water partition coefficient (Wildman–Crippen LogP) is 6.05. The monoisotopic (exact) mass is 549 g/mol. The van der Waals surface area contributed by atoms with Crippen molar-refractivity contribution in [2.24, 2.45) is 5.92 Å². The van der Waals surface area contributed by atoms with E-state index in [0.717, 1.165) is 68.8 Å². The molecule has 0 radical (unpaired) electrons. The predicted molar refractivity (Wildman–Crippen MR) is 162 cm³/mol. The lowest BCUT2D eigenvalue weighted by Crippen LogP contribution is -2.55. The van der Waals surface area contributed by atoms with Crippen LogP contribution in [0.1, 0.15) is 55.0 Å². The van der Waals surface area contributed by atoms with Crippen molar-refractivity contribution in [3.05, 3.63) is 89.6 Å². The summed E-state index contributed by atoms with van der Waals surface area (Å²) in [7, 11) is 1.70. The van der Waals surface area contributed by atoms with Crippen LogP contribution in [-0.2, 0) is 16.8 Å². The van der Waals surface area contributed by atoms with Crippen LogP contribution in [0.3, 0.4) is 0 Å². The fraction of sp³-hybridized carbons (Fsp3) is 0.400. The summed E-state index contributed by atoms with van der Waals surface area (Å²) >= 11 is 0. The van der Waals surface area contributed by atoms with Gasteiger partial charge in [-0.05, 0) is 60.1 Å². The Morgan fingerprint density at radius 3 is 2.49 bits per heavy atom. The van der Waals surface area contributed by atoms with Gasteiger partial charge >= 0.3 is 0 Å². The number of amides is 1. The van der Waals surface area contributed by atoms with Gasteiger partial charge in [0.1, 0.15) is 5.75 Å². The topological polar surface area (TPSA) is 68.8 Å². The Kier molecular flexibility index (Phi) is 6.84. The fourth-order valence-corrected chi connectivity index (χ4v) is 7.53. The largest absolute Gasteiger partial charge is 0.497 e. The fourth-order valence-electron chi connectivity index (χ4n) is 7.53. The van der Waals surface area contributed by atoms with Crippen molar-refractivity contribution >= 4 is 16.8 Å². The molecule has 1 aliphatic carbocycles. The third-order valence-electron chi connectivity index (χ3n) is 9.98. The van der Waals surface area contributed by atoms with Crippen LogP contribution in [0.2, 0.25) is 0 Å². The highest BCUT2D eigenvalue weighted by Crippen LogP contribution is 2.50. The summed E-state index contributed by atoms with van der Waals surface area (Å²) < 4.78 is 5.55. The molecule has 1 saturated heterocycles. The second-order valence-corrected chi connectivity index (χ2v) is 12.2. The van der Waals surface area contributed by atoms with Crippen LogP contribution in [0.15, 0.2) is 72.8 Å². The molecule has 7 rings (SSSR count). The quantitative estimate of drug-likeness (QED) is 0.307. The number of benzene rings is 3. The molecule has 1 unspecified atom stereocenters. The standard InChI is InChI=1S/C35H39N3O3/c1-41-27-14-15-29-30(20-27)36-33-31(22-39)38(21-26-10-5-6-13-28(26)24-8-3-2-4-9-24)23-35(32(29)33)16-18-37(19-17-35)34(40)25-11-7-12-25/h2-6,8-10,13-15,20,25,31,36,39H,7,11-12,16-19,21-23H2,1H3. The molecule has 3 aliphatic rings. The zero-order chi connectivity index (χ0) is 28.0. The average molecular weight is 550 g/mol. The van der Waals surface area contributed by atoms with Crippen molar-refractivity contribution in [2.75, 3.05) is 33.4 Å². The zero-order valence-electron chi connectivity index (χ0n) is 23.8. The van der Waals surface area contributed by atoms with E-state index in [0.29, 0.717) is 5.91 Å². The lowest BCUT2D eigenvalue weighted by Gasteiger charge is -2.51. The number of aromatic amines is 1. The molecule has 3 aromatic carbocycles. The Hall–Kier alpha value is -3.61. The third kappa shape index (κ3) is 4.54. The summed E-state index contributed by atoms with van der Waals surface area (Å²) in [6, 6.07) is 25.3. The number of piperidine rings is 1. The Balaban J connectivity index is 1.28. The maximum atomic E-state index is 13.2. The lowest BCUT2D eigenvalue weighted by molar-refractivity contribution is -0.140. The van der Waals surface area contributed by atoms with Gasteiger partial charge in [0.25, 0.3) is 0 Å². The number of nitrogens with one attached hydrogen (secondary N) is 1. The number of aliphatic hydroxyl groups is 1. The van der Waals surface area contributed by atoms with E-state index in [2.05, 4.69) is 81.5 Å². The van der Waals surface area contributed by atoms with Crippen molar-refractivity contribution < 1.29 is 14.6 Å². The van der Waals surface area contributed by atoms with E-state index in [1.165, 1.54) is 34.1 Å². The van der Waals surface area contributed by atoms with E-state index in [1.807, 2.05) is 6.07 Å². The first-order valence-electron chi connectivity index (χ1n) is 15.1. The van der Waals surface area contributed by atoms with Gasteiger partial charge in [-0.1, -0.05) is 61.0 Å². The van der Waals surface area contributed by atoms with Crippen LogP contribution in [0.4, 0.5) is 0 Å². The number of hydrogen-bond acceptors (Lipinski definition) is 4. The normalized spacial score (nSPS) is 20.6. The summed E-state index contributed by atoms with van der Waals surface area (Å²) in [5.74, 6) is 1.41. The van der Waals surface area contributed by atoms with Gasteiger partial charge in [0.2, 0.25) is 5.91 Å². The number of aromatic nitrogens is 1. The van der Waals surface area contributed by atoms with E-state index in [1.54, 1.807) is 7.11 Å². The number of hydrogen-bond donors (Lipinski definition) is 2. The molecule has 0 bridgehead atoms. The molecule has 1 spiro atoms. The Bertz CT molecular complexity index is 1550. The van der Waals surface area contributed by atoms with Crippen LogP contribution in [0, 0.1) is 5.92 Å². The number of ether oxygens (including phenoxy) is 1. The molecule has 1 aromatic heterocycles. The van der Waals surface area contributed by atoms with Gasteiger partial charge in [0.15, 0.2) is 0 Å². The highest BCUT2D eigenvalue weighted by Gasteiger charge is 2.48. The summed E-state index contributed by atoms with van der Waals surface area (Å²) in [6.07, 6.45) is 5.11. The average Bonchev–Trinajstić information content (AvgIpc) is 3.37. The first-order valence-corrected chi connectivity index (χ1v) is 15.1. The highest BCUT2D eigenvalue weighted by molar-refractivity contribution is 5.88. The van der Waals surface area contributed by atoms with Gasteiger partial charge in [0, 0.05) is 60.2 Å². The second-order valence-electron chi connectivity index (χ2n) is 12.2. The van der Waals surface area contributed by atoms with Gasteiger partial charge in [-0.3, -0.25) is 9.69 Å². The van der Waals surface area contributed by atoms with Gasteiger partial charge < -0.3 is 19.7 Å². The maximum absolute atomic E-state index is 13.2. The smallest absolute Gasteiger partial charge is 0.225 e. The number of likely N-dealkylation sites (tertiary alicyclic amines) is 1. The maximum Gasteiger partial charge on any atom is 0.225 e. The van der Waals surface area contributed by atoms with Crippen molar-refractivity contribution in [2.45, 2.75) is 50.1 Å².